The minimum Gasteiger partial charge on any atom is -0.444 e. The zero-order valence-electron chi connectivity index (χ0n) is 19.4. The van der Waals surface area contributed by atoms with Gasteiger partial charge in [-0.05, 0) is 13.3 Å². The maximum absolute atomic E-state index is 15.1. The summed E-state index contributed by atoms with van der Waals surface area (Å²) in [5.74, 6) is -1.76. The predicted octanol–water partition coefficient (Wildman–Crippen LogP) is 3.60. The van der Waals surface area contributed by atoms with Gasteiger partial charge < -0.3 is 14.4 Å². The first-order valence-corrected chi connectivity index (χ1v) is 11.5. The number of ether oxygens (including phenoxy) is 1. The number of rotatable bonds is 8. The summed E-state index contributed by atoms with van der Waals surface area (Å²) in [6, 6.07) is 11.0. The van der Waals surface area contributed by atoms with Gasteiger partial charge in [-0.1, -0.05) is 30.3 Å². The van der Waals surface area contributed by atoms with Crippen LogP contribution in [0.2, 0.25) is 0 Å². The van der Waals surface area contributed by atoms with Gasteiger partial charge in [-0.25, -0.2) is 13.6 Å². The standard InChI is InChI=1S/C25H27F2N3O5/c1-17(31)7-8-20-15-30(25(33)35-20)19-13-21(26)24(22(27)14-19)28-9-10-29(34-12-11-28)16-23(32)18-5-3-2-4-6-18/h2-6,13-14,20H,7-12,15-16H2,1H3/t20-/m0/s1. The van der Waals surface area contributed by atoms with Gasteiger partial charge in [-0.15, -0.1) is 0 Å². The molecule has 2 aliphatic heterocycles. The summed E-state index contributed by atoms with van der Waals surface area (Å²) < 4.78 is 35.4. The van der Waals surface area contributed by atoms with Crippen molar-refractivity contribution in [1.29, 1.82) is 0 Å². The molecule has 0 unspecified atom stereocenters. The number of benzene rings is 2. The second kappa shape index (κ2) is 10.9. The maximum atomic E-state index is 15.1. The molecule has 8 nitrogen and oxygen atoms in total. The Balaban J connectivity index is 1.41. The first-order valence-electron chi connectivity index (χ1n) is 11.5. The Morgan fingerprint density at radius 2 is 1.77 bits per heavy atom. The van der Waals surface area contributed by atoms with Crippen LogP contribution in [-0.4, -0.2) is 68.2 Å². The molecule has 2 fully saturated rings. The van der Waals surface area contributed by atoms with Crippen molar-refractivity contribution in [2.24, 2.45) is 0 Å². The molecule has 4 rings (SSSR count). The lowest BCUT2D eigenvalue weighted by Crippen LogP contribution is -2.34. The monoisotopic (exact) mass is 487 g/mol. The summed E-state index contributed by atoms with van der Waals surface area (Å²) in [6.45, 7) is 2.49. The van der Waals surface area contributed by atoms with Gasteiger partial charge in [0.2, 0.25) is 0 Å². The minimum atomic E-state index is -0.811. The van der Waals surface area contributed by atoms with E-state index in [0.29, 0.717) is 12.0 Å². The fraction of sp³-hybridized carbons (Fsp3) is 0.400. The van der Waals surface area contributed by atoms with E-state index in [4.69, 9.17) is 9.57 Å². The van der Waals surface area contributed by atoms with Crippen molar-refractivity contribution in [2.75, 3.05) is 49.1 Å². The van der Waals surface area contributed by atoms with Crippen LogP contribution in [0.4, 0.5) is 25.0 Å². The minimum absolute atomic E-state index is 0.0228. The van der Waals surface area contributed by atoms with E-state index >= 15 is 8.78 Å². The zero-order chi connectivity index (χ0) is 24.9. The Morgan fingerprint density at radius 1 is 1.06 bits per heavy atom. The largest absolute Gasteiger partial charge is 0.444 e. The molecule has 0 bridgehead atoms. The number of carbonyl (C=O) groups is 3. The Hall–Kier alpha value is -3.37. The van der Waals surface area contributed by atoms with Crippen LogP contribution in [0, 0.1) is 11.6 Å². The molecule has 10 heteroatoms. The molecule has 1 amide bonds. The van der Waals surface area contributed by atoms with Crippen molar-refractivity contribution < 1.29 is 32.7 Å². The molecule has 0 aromatic heterocycles. The first-order chi connectivity index (χ1) is 16.8. The van der Waals surface area contributed by atoms with Crippen LogP contribution in [0.1, 0.15) is 30.1 Å². The number of cyclic esters (lactones) is 1. The Kier molecular flexibility index (Phi) is 7.72. The Bertz CT molecular complexity index is 1070. The molecule has 0 N–H and O–H groups in total. The van der Waals surface area contributed by atoms with Crippen molar-refractivity contribution >= 4 is 29.0 Å². The second-order valence-electron chi connectivity index (χ2n) is 8.59. The number of hydrogen-bond acceptors (Lipinski definition) is 7. The van der Waals surface area contributed by atoms with E-state index in [9.17, 15) is 14.4 Å². The highest BCUT2D eigenvalue weighted by Gasteiger charge is 2.34. The zero-order valence-corrected chi connectivity index (χ0v) is 19.4. The third-order valence-electron chi connectivity index (χ3n) is 5.99. The first kappa shape index (κ1) is 24.7. The molecular weight excluding hydrogens is 460 g/mol. The summed E-state index contributed by atoms with van der Waals surface area (Å²) >= 11 is 0. The molecule has 0 aliphatic carbocycles. The molecule has 2 heterocycles. The van der Waals surface area contributed by atoms with E-state index < -0.39 is 23.8 Å². The number of amides is 1. The number of Topliss-reactive ketones (excluding diaryl/α,β-unsaturated/α-hetero) is 2. The van der Waals surface area contributed by atoms with Gasteiger partial charge >= 0.3 is 6.09 Å². The van der Waals surface area contributed by atoms with Crippen LogP contribution in [-0.2, 0) is 14.4 Å². The van der Waals surface area contributed by atoms with E-state index in [2.05, 4.69) is 0 Å². The van der Waals surface area contributed by atoms with Crippen LogP contribution in [0.5, 0.6) is 0 Å². The summed E-state index contributed by atoms with van der Waals surface area (Å²) in [5, 5.41) is 1.50. The topological polar surface area (TPSA) is 79.4 Å². The highest BCUT2D eigenvalue weighted by Crippen LogP contribution is 2.32. The van der Waals surface area contributed by atoms with Crippen LogP contribution in [0.3, 0.4) is 0 Å². The molecule has 0 spiro atoms. The molecule has 2 aliphatic rings. The maximum Gasteiger partial charge on any atom is 0.414 e. The average molecular weight is 488 g/mol. The number of halogens is 2. The van der Waals surface area contributed by atoms with Gasteiger partial charge in [0.25, 0.3) is 0 Å². The summed E-state index contributed by atoms with van der Waals surface area (Å²) in [5.41, 5.74) is 0.406. The van der Waals surface area contributed by atoms with E-state index in [0.717, 1.165) is 12.1 Å². The lowest BCUT2D eigenvalue weighted by atomic mass is 10.1. The number of nitrogens with zero attached hydrogens (tertiary/aromatic N) is 3. The lowest BCUT2D eigenvalue weighted by Gasteiger charge is -2.24. The predicted molar refractivity (Wildman–Crippen MR) is 124 cm³/mol. The van der Waals surface area contributed by atoms with Crippen LogP contribution in [0.25, 0.3) is 0 Å². The normalized spacial score (nSPS) is 18.9. The highest BCUT2D eigenvalue weighted by atomic mass is 19.1. The SMILES string of the molecule is CC(=O)CC[C@H]1CN(c2cc(F)c(N3CCON(CC(=O)c4ccccc4)CC3)c(F)c2)C(=O)O1. The third-order valence-corrected chi connectivity index (χ3v) is 5.99. The number of hydrogen-bond donors (Lipinski definition) is 0. The second-order valence-corrected chi connectivity index (χ2v) is 8.59. The lowest BCUT2D eigenvalue weighted by molar-refractivity contribution is -0.139. The van der Waals surface area contributed by atoms with Crippen LogP contribution < -0.4 is 9.80 Å². The van der Waals surface area contributed by atoms with Gasteiger partial charge in [0.15, 0.2) is 17.4 Å². The van der Waals surface area contributed by atoms with E-state index in [-0.39, 0.29) is 68.7 Å². The summed E-state index contributed by atoms with van der Waals surface area (Å²) in [4.78, 5) is 44.2. The van der Waals surface area contributed by atoms with E-state index in [1.807, 2.05) is 6.07 Å². The fourth-order valence-electron chi connectivity index (χ4n) is 4.17. The molecule has 2 aromatic rings. The number of anilines is 2. The molecule has 0 radical (unpaired) electrons. The summed E-state index contributed by atoms with van der Waals surface area (Å²) in [7, 11) is 0. The number of hydroxylamine groups is 2. The highest BCUT2D eigenvalue weighted by molar-refractivity contribution is 5.97. The van der Waals surface area contributed by atoms with E-state index in [1.54, 1.807) is 24.3 Å². The van der Waals surface area contributed by atoms with Crippen molar-refractivity contribution in [3.63, 3.8) is 0 Å². The van der Waals surface area contributed by atoms with Gasteiger partial charge in [0, 0.05) is 43.8 Å². The van der Waals surface area contributed by atoms with Crippen molar-refractivity contribution in [1.82, 2.24) is 5.06 Å². The van der Waals surface area contributed by atoms with Gasteiger partial charge in [0.1, 0.15) is 17.6 Å². The van der Waals surface area contributed by atoms with Crippen molar-refractivity contribution in [3.05, 3.63) is 59.7 Å². The van der Waals surface area contributed by atoms with E-state index in [1.165, 1.54) is 21.8 Å². The van der Waals surface area contributed by atoms with Crippen LogP contribution in [0.15, 0.2) is 42.5 Å². The van der Waals surface area contributed by atoms with Gasteiger partial charge in [-0.2, -0.15) is 5.06 Å². The van der Waals surface area contributed by atoms with Gasteiger partial charge in [0.05, 0.1) is 25.4 Å². The smallest absolute Gasteiger partial charge is 0.414 e. The summed E-state index contributed by atoms with van der Waals surface area (Å²) in [6.07, 6.45) is -0.590. The fourth-order valence-corrected chi connectivity index (χ4v) is 4.17. The third kappa shape index (κ3) is 6.01. The molecule has 35 heavy (non-hydrogen) atoms. The number of carbonyl (C=O) groups excluding carboxylic acids is 3. The van der Waals surface area contributed by atoms with Crippen molar-refractivity contribution in [3.8, 4) is 0 Å². The van der Waals surface area contributed by atoms with Crippen molar-refractivity contribution in [2.45, 2.75) is 25.9 Å². The molecular formula is C25H27F2N3O5. The molecule has 2 saturated heterocycles. The molecule has 2 aromatic carbocycles. The quantitative estimate of drug-likeness (QED) is 0.527. The molecule has 1 atom stereocenters. The average Bonchev–Trinajstić information content (AvgIpc) is 3.05. The molecule has 0 saturated carbocycles. The van der Waals surface area contributed by atoms with Crippen LogP contribution >= 0.6 is 0 Å². The molecule has 186 valence electrons. The number of ketones is 2. The Morgan fingerprint density at radius 3 is 2.46 bits per heavy atom. The Labute approximate surface area is 201 Å². The van der Waals surface area contributed by atoms with Gasteiger partial charge in [-0.3, -0.25) is 14.5 Å².